The average molecular weight is 315 g/mol. The second-order valence-corrected chi connectivity index (χ2v) is 6.31. The Bertz CT molecular complexity index is 582. The molecule has 0 unspecified atom stereocenters. The zero-order valence-corrected chi connectivity index (χ0v) is 12.2. The number of carboxylic acid groups (broad SMARTS) is 1. The van der Waals surface area contributed by atoms with Crippen molar-refractivity contribution in [2.75, 3.05) is 12.8 Å². The molecule has 1 aliphatic carbocycles. The number of halogens is 2. The number of amides is 1. The highest BCUT2D eigenvalue weighted by atomic mass is 32.2. The molecule has 1 fully saturated rings. The summed E-state index contributed by atoms with van der Waals surface area (Å²) < 4.78 is 26.3. The first-order chi connectivity index (χ1) is 9.88. The van der Waals surface area contributed by atoms with Gasteiger partial charge >= 0.3 is 5.97 Å². The van der Waals surface area contributed by atoms with Crippen LogP contribution in [0, 0.1) is 11.6 Å². The molecule has 1 saturated carbocycles. The highest BCUT2D eigenvalue weighted by Gasteiger charge is 2.36. The molecule has 0 radical (unpaired) electrons. The number of aromatic carboxylic acids is 1. The molecule has 2 rings (SSSR count). The van der Waals surface area contributed by atoms with E-state index >= 15 is 0 Å². The van der Waals surface area contributed by atoms with Crippen LogP contribution in [0.2, 0.25) is 0 Å². The van der Waals surface area contributed by atoms with E-state index in [1.54, 1.807) is 11.8 Å². The third-order valence-corrected chi connectivity index (χ3v) is 5.22. The van der Waals surface area contributed by atoms with Crippen molar-refractivity contribution in [1.82, 2.24) is 5.32 Å². The van der Waals surface area contributed by atoms with Crippen molar-refractivity contribution in [2.24, 2.45) is 0 Å². The molecule has 21 heavy (non-hydrogen) atoms. The number of nitrogens with one attached hydrogen (secondary N) is 1. The summed E-state index contributed by atoms with van der Waals surface area (Å²) in [5.74, 6) is -4.70. The normalized spacial score (nSPS) is 16.1. The van der Waals surface area contributed by atoms with E-state index in [1.165, 1.54) is 0 Å². The largest absolute Gasteiger partial charge is 0.478 e. The van der Waals surface area contributed by atoms with Crippen LogP contribution < -0.4 is 5.32 Å². The monoisotopic (exact) mass is 315 g/mol. The van der Waals surface area contributed by atoms with Gasteiger partial charge in [0.2, 0.25) is 0 Å². The Morgan fingerprint density at radius 3 is 2.29 bits per heavy atom. The molecule has 1 aromatic carbocycles. The van der Waals surface area contributed by atoms with Gasteiger partial charge in [-0.15, -0.1) is 0 Å². The van der Waals surface area contributed by atoms with Crippen molar-refractivity contribution in [2.45, 2.75) is 24.0 Å². The number of rotatable bonds is 5. The van der Waals surface area contributed by atoms with Crippen molar-refractivity contribution < 1.29 is 23.5 Å². The molecule has 7 heteroatoms. The number of carbonyl (C=O) groups is 2. The molecule has 0 aromatic heterocycles. The van der Waals surface area contributed by atoms with Gasteiger partial charge in [0.25, 0.3) is 5.91 Å². The van der Waals surface area contributed by atoms with E-state index in [0.29, 0.717) is 18.7 Å². The summed E-state index contributed by atoms with van der Waals surface area (Å²) >= 11 is 1.65. The Morgan fingerprint density at radius 2 is 1.86 bits per heavy atom. The van der Waals surface area contributed by atoms with Gasteiger partial charge < -0.3 is 10.4 Å². The SMILES string of the molecule is CSC1(CNC(=O)c2cc(F)c(F)cc2C(=O)O)CCC1. The smallest absolute Gasteiger partial charge is 0.336 e. The quantitative estimate of drug-likeness (QED) is 0.877. The van der Waals surface area contributed by atoms with Gasteiger partial charge in [-0.25, -0.2) is 13.6 Å². The summed E-state index contributed by atoms with van der Waals surface area (Å²) in [6, 6.07) is 1.15. The molecule has 0 heterocycles. The molecule has 0 spiro atoms. The van der Waals surface area contributed by atoms with Crippen molar-refractivity contribution in [3.63, 3.8) is 0 Å². The lowest BCUT2D eigenvalue weighted by Crippen LogP contribution is -2.45. The van der Waals surface area contributed by atoms with Crippen LogP contribution >= 0.6 is 11.8 Å². The van der Waals surface area contributed by atoms with E-state index in [9.17, 15) is 18.4 Å². The predicted molar refractivity (Wildman–Crippen MR) is 75.7 cm³/mol. The van der Waals surface area contributed by atoms with Gasteiger partial charge in [0, 0.05) is 11.3 Å². The lowest BCUT2D eigenvalue weighted by molar-refractivity contribution is 0.0690. The third-order valence-electron chi connectivity index (χ3n) is 3.80. The third kappa shape index (κ3) is 3.18. The van der Waals surface area contributed by atoms with E-state index in [-0.39, 0.29) is 10.3 Å². The van der Waals surface area contributed by atoms with Crippen LogP contribution in [-0.4, -0.2) is 34.5 Å². The van der Waals surface area contributed by atoms with Crippen LogP contribution in [0.15, 0.2) is 12.1 Å². The molecule has 0 aliphatic heterocycles. The molecule has 1 amide bonds. The molecule has 0 bridgehead atoms. The number of benzene rings is 1. The second kappa shape index (κ2) is 6.01. The van der Waals surface area contributed by atoms with Crippen molar-refractivity contribution in [3.05, 3.63) is 34.9 Å². The Hall–Kier alpha value is -1.63. The van der Waals surface area contributed by atoms with Gasteiger partial charge in [-0.1, -0.05) is 6.42 Å². The van der Waals surface area contributed by atoms with Crippen LogP contribution in [-0.2, 0) is 0 Å². The van der Waals surface area contributed by atoms with Gasteiger partial charge in [0.15, 0.2) is 11.6 Å². The summed E-state index contributed by atoms with van der Waals surface area (Å²) in [7, 11) is 0. The topological polar surface area (TPSA) is 66.4 Å². The van der Waals surface area contributed by atoms with Crippen LogP contribution in [0.25, 0.3) is 0 Å². The zero-order chi connectivity index (χ0) is 15.6. The number of hydrogen-bond acceptors (Lipinski definition) is 3. The fourth-order valence-corrected chi connectivity index (χ4v) is 3.19. The fourth-order valence-electron chi connectivity index (χ4n) is 2.27. The van der Waals surface area contributed by atoms with Gasteiger partial charge in [-0.2, -0.15) is 11.8 Å². The van der Waals surface area contributed by atoms with Crippen LogP contribution in [0.1, 0.15) is 40.0 Å². The predicted octanol–water partition coefficient (Wildman–Crippen LogP) is 2.68. The minimum atomic E-state index is -1.47. The summed E-state index contributed by atoms with van der Waals surface area (Å²) in [5.41, 5.74) is -0.907. The van der Waals surface area contributed by atoms with Crippen molar-refractivity contribution >= 4 is 23.6 Å². The minimum Gasteiger partial charge on any atom is -0.478 e. The highest BCUT2D eigenvalue weighted by Crippen LogP contribution is 2.42. The van der Waals surface area contributed by atoms with E-state index in [1.807, 2.05) is 6.26 Å². The van der Waals surface area contributed by atoms with Gasteiger partial charge in [0.05, 0.1) is 11.1 Å². The minimum absolute atomic E-state index is 0.0301. The average Bonchev–Trinajstić information content (AvgIpc) is 2.40. The number of thioether (sulfide) groups is 1. The Kier molecular flexibility index (Phi) is 4.51. The Balaban J connectivity index is 2.18. The standard InChI is InChI=1S/C14H15F2NO3S/c1-21-14(3-2-4-14)7-17-12(18)8-5-10(15)11(16)6-9(8)13(19)20/h5-6H,2-4,7H2,1H3,(H,17,18)(H,19,20). The van der Waals surface area contributed by atoms with E-state index in [2.05, 4.69) is 5.32 Å². The fraction of sp³-hybridized carbons (Fsp3) is 0.429. The summed E-state index contributed by atoms with van der Waals surface area (Å²) in [5, 5.41) is 11.6. The molecule has 1 aromatic rings. The maximum Gasteiger partial charge on any atom is 0.336 e. The van der Waals surface area contributed by atoms with Crippen molar-refractivity contribution in [3.8, 4) is 0 Å². The van der Waals surface area contributed by atoms with Crippen molar-refractivity contribution in [1.29, 1.82) is 0 Å². The number of carboxylic acids is 1. The Labute approximate surface area is 124 Å². The molecular weight excluding hydrogens is 300 g/mol. The van der Waals surface area contributed by atoms with Crippen LogP contribution in [0.5, 0.6) is 0 Å². The van der Waals surface area contributed by atoms with Crippen LogP contribution in [0.3, 0.4) is 0 Å². The molecule has 0 atom stereocenters. The highest BCUT2D eigenvalue weighted by molar-refractivity contribution is 8.00. The molecule has 114 valence electrons. The van der Waals surface area contributed by atoms with E-state index in [0.717, 1.165) is 19.3 Å². The second-order valence-electron chi connectivity index (χ2n) is 5.04. The van der Waals surface area contributed by atoms with Crippen LogP contribution in [0.4, 0.5) is 8.78 Å². The maximum atomic E-state index is 13.2. The van der Waals surface area contributed by atoms with Gasteiger partial charge in [-0.05, 0) is 31.2 Å². The summed E-state index contributed by atoms with van der Waals surface area (Å²) in [4.78, 5) is 23.1. The van der Waals surface area contributed by atoms with E-state index in [4.69, 9.17) is 5.11 Å². The first-order valence-electron chi connectivity index (χ1n) is 6.44. The lowest BCUT2D eigenvalue weighted by Gasteiger charge is -2.40. The molecule has 2 N–H and O–H groups in total. The number of hydrogen-bond donors (Lipinski definition) is 2. The first-order valence-corrected chi connectivity index (χ1v) is 7.67. The van der Waals surface area contributed by atoms with E-state index < -0.39 is 29.1 Å². The van der Waals surface area contributed by atoms with Gasteiger partial charge in [0.1, 0.15) is 0 Å². The summed E-state index contributed by atoms with van der Waals surface area (Å²) in [6.45, 7) is 0.380. The first kappa shape index (κ1) is 15.8. The zero-order valence-electron chi connectivity index (χ0n) is 11.4. The molecule has 4 nitrogen and oxygen atoms in total. The molecule has 1 aliphatic rings. The van der Waals surface area contributed by atoms with Gasteiger partial charge in [-0.3, -0.25) is 4.79 Å². The molecular formula is C14H15F2NO3S. The number of carbonyl (C=O) groups excluding carboxylic acids is 1. The maximum absolute atomic E-state index is 13.2. The Morgan fingerprint density at radius 1 is 1.29 bits per heavy atom. The lowest BCUT2D eigenvalue weighted by atomic mass is 9.84. The molecule has 0 saturated heterocycles. The summed E-state index contributed by atoms with van der Waals surface area (Å²) in [6.07, 6.45) is 4.98.